The number of anilines is 1. The van der Waals surface area contributed by atoms with Crippen LogP contribution in [0.4, 0.5) is 10.1 Å². The first kappa shape index (κ1) is 15.2. The van der Waals surface area contributed by atoms with Gasteiger partial charge in [0.2, 0.25) is 0 Å². The van der Waals surface area contributed by atoms with Crippen molar-refractivity contribution in [1.82, 2.24) is 4.31 Å². The Hall–Kier alpha value is -1.18. The van der Waals surface area contributed by atoms with Crippen molar-refractivity contribution in [3.8, 4) is 0 Å². The summed E-state index contributed by atoms with van der Waals surface area (Å²) in [6, 6.07) is 5.38. The van der Waals surface area contributed by atoms with Gasteiger partial charge in [0.05, 0.1) is 5.69 Å². The molecule has 112 valence electrons. The molecule has 2 rings (SSSR count). The number of benzene rings is 1. The molecule has 1 aliphatic heterocycles. The Balaban J connectivity index is 2.29. The second-order valence-corrected chi connectivity index (χ2v) is 6.86. The van der Waals surface area contributed by atoms with Crippen LogP contribution in [0.2, 0.25) is 0 Å². The summed E-state index contributed by atoms with van der Waals surface area (Å²) in [4.78, 5) is 0. The highest BCUT2D eigenvalue weighted by atomic mass is 32.2. The van der Waals surface area contributed by atoms with Gasteiger partial charge in [0, 0.05) is 26.2 Å². The number of halogens is 1. The summed E-state index contributed by atoms with van der Waals surface area (Å²) < 4.78 is 41.1. The first-order valence-electron chi connectivity index (χ1n) is 6.68. The highest BCUT2D eigenvalue weighted by Crippen LogP contribution is 2.25. The van der Waals surface area contributed by atoms with Crippen LogP contribution in [0.1, 0.15) is 19.3 Å². The molecule has 2 N–H and O–H groups in total. The molecular weight excluding hydrogens is 281 g/mol. The van der Waals surface area contributed by atoms with Gasteiger partial charge < -0.3 is 5.73 Å². The van der Waals surface area contributed by atoms with Crippen LogP contribution in [-0.2, 0) is 10.2 Å². The first-order chi connectivity index (χ1) is 9.46. The summed E-state index contributed by atoms with van der Waals surface area (Å²) in [5.74, 6) is -0.460. The molecule has 20 heavy (non-hydrogen) atoms. The second kappa shape index (κ2) is 6.07. The Labute approximate surface area is 119 Å². The smallest absolute Gasteiger partial charge is 0.304 e. The molecule has 1 aromatic rings. The van der Waals surface area contributed by atoms with Crippen molar-refractivity contribution < 1.29 is 12.8 Å². The van der Waals surface area contributed by atoms with Crippen LogP contribution < -0.4 is 10.0 Å². The van der Waals surface area contributed by atoms with Crippen molar-refractivity contribution in [2.75, 3.05) is 24.4 Å². The van der Waals surface area contributed by atoms with Gasteiger partial charge in [0.1, 0.15) is 5.82 Å². The monoisotopic (exact) mass is 301 g/mol. The predicted molar refractivity (Wildman–Crippen MR) is 77.1 cm³/mol. The van der Waals surface area contributed by atoms with Crippen molar-refractivity contribution in [3.05, 3.63) is 30.1 Å². The molecule has 1 atom stereocenters. The van der Waals surface area contributed by atoms with Crippen LogP contribution in [0.5, 0.6) is 0 Å². The minimum Gasteiger partial charge on any atom is -0.329 e. The summed E-state index contributed by atoms with van der Waals surface area (Å²) in [7, 11) is -2.24. The van der Waals surface area contributed by atoms with Gasteiger partial charge in [-0.15, -0.1) is 0 Å². The molecule has 0 spiro atoms. The highest BCUT2D eigenvalue weighted by Gasteiger charge is 2.34. The van der Waals surface area contributed by atoms with Gasteiger partial charge in [-0.2, -0.15) is 12.7 Å². The summed E-state index contributed by atoms with van der Waals surface area (Å²) >= 11 is 0. The van der Waals surface area contributed by atoms with Crippen LogP contribution in [0.15, 0.2) is 24.3 Å². The number of piperidine rings is 1. The van der Waals surface area contributed by atoms with E-state index in [2.05, 4.69) is 0 Å². The number of hydrogen-bond donors (Lipinski definition) is 1. The Morgan fingerprint density at radius 3 is 2.85 bits per heavy atom. The van der Waals surface area contributed by atoms with E-state index in [0.29, 0.717) is 18.8 Å². The maximum absolute atomic E-state index is 13.2. The van der Waals surface area contributed by atoms with Crippen LogP contribution in [0.25, 0.3) is 0 Å². The molecule has 1 fully saturated rings. The normalized spacial score (nSPS) is 20.9. The van der Waals surface area contributed by atoms with Crippen molar-refractivity contribution in [2.24, 2.45) is 5.73 Å². The molecule has 1 heterocycles. The number of hydrogen-bond acceptors (Lipinski definition) is 3. The largest absolute Gasteiger partial charge is 0.329 e. The number of nitrogens with two attached hydrogens (primary N) is 1. The Kier molecular flexibility index (Phi) is 4.62. The number of nitrogens with zero attached hydrogens (tertiary/aromatic N) is 2. The zero-order chi connectivity index (χ0) is 14.8. The van der Waals surface area contributed by atoms with Gasteiger partial charge in [-0.05, 0) is 31.0 Å². The fourth-order valence-corrected chi connectivity index (χ4v) is 4.10. The van der Waals surface area contributed by atoms with Crippen LogP contribution in [0, 0.1) is 5.82 Å². The fourth-order valence-electron chi connectivity index (χ4n) is 2.48. The molecule has 0 radical (unpaired) electrons. The predicted octanol–water partition coefficient (Wildman–Crippen LogP) is 1.32. The SMILES string of the molecule is CN(c1cccc(F)c1)S(=O)(=O)N1CCCCC1CN. The van der Waals surface area contributed by atoms with E-state index in [4.69, 9.17) is 5.73 Å². The van der Waals surface area contributed by atoms with Crippen LogP contribution in [-0.4, -0.2) is 38.9 Å². The van der Waals surface area contributed by atoms with Crippen molar-refractivity contribution >= 4 is 15.9 Å². The number of rotatable bonds is 4. The molecule has 0 aromatic heterocycles. The molecule has 7 heteroatoms. The lowest BCUT2D eigenvalue weighted by molar-refractivity contribution is 0.257. The lowest BCUT2D eigenvalue weighted by Crippen LogP contribution is -2.52. The van der Waals surface area contributed by atoms with E-state index < -0.39 is 16.0 Å². The maximum Gasteiger partial charge on any atom is 0.304 e. The molecule has 1 unspecified atom stereocenters. The molecule has 0 bridgehead atoms. The molecule has 0 aliphatic carbocycles. The van der Waals surface area contributed by atoms with E-state index in [1.807, 2.05) is 0 Å². The Bertz CT molecular complexity index is 564. The third-order valence-corrected chi connectivity index (χ3v) is 5.64. The average molecular weight is 301 g/mol. The van der Waals surface area contributed by atoms with E-state index >= 15 is 0 Å². The third kappa shape index (κ3) is 2.94. The minimum absolute atomic E-state index is 0.176. The van der Waals surface area contributed by atoms with Gasteiger partial charge in [0.15, 0.2) is 0 Å². The molecule has 5 nitrogen and oxygen atoms in total. The fraction of sp³-hybridized carbons (Fsp3) is 0.538. The Morgan fingerprint density at radius 2 is 2.20 bits per heavy atom. The Morgan fingerprint density at radius 1 is 1.45 bits per heavy atom. The lowest BCUT2D eigenvalue weighted by atomic mass is 10.1. The minimum atomic E-state index is -3.67. The molecule has 1 saturated heterocycles. The third-order valence-electron chi connectivity index (χ3n) is 3.66. The van der Waals surface area contributed by atoms with Crippen LogP contribution >= 0.6 is 0 Å². The van der Waals surface area contributed by atoms with Crippen LogP contribution in [0.3, 0.4) is 0 Å². The van der Waals surface area contributed by atoms with E-state index in [1.54, 1.807) is 6.07 Å². The average Bonchev–Trinajstić information content (AvgIpc) is 2.46. The lowest BCUT2D eigenvalue weighted by Gasteiger charge is -2.36. The standard InChI is InChI=1S/C13H20FN3O2S/c1-16(12-7-4-5-11(14)9-12)20(18,19)17-8-3-2-6-13(17)10-15/h4-5,7,9,13H,2-3,6,8,10,15H2,1H3. The van der Waals surface area contributed by atoms with E-state index in [0.717, 1.165) is 23.6 Å². The topological polar surface area (TPSA) is 66.6 Å². The van der Waals surface area contributed by atoms with Gasteiger partial charge in [-0.3, -0.25) is 4.31 Å². The van der Waals surface area contributed by atoms with E-state index in [9.17, 15) is 12.8 Å². The van der Waals surface area contributed by atoms with Crippen molar-refractivity contribution in [3.63, 3.8) is 0 Å². The van der Waals surface area contributed by atoms with Crippen molar-refractivity contribution in [1.29, 1.82) is 0 Å². The van der Waals surface area contributed by atoms with E-state index in [1.165, 1.54) is 29.6 Å². The first-order valence-corrected chi connectivity index (χ1v) is 8.08. The molecule has 0 saturated carbocycles. The van der Waals surface area contributed by atoms with Crippen molar-refractivity contribution in [2.45, 2.75) is 25.3 Å². The maximum atomic E-state index is 13.2. The van der Waals surface area contributed by atoms with Gasteiger partial charge in [0.25, 0.3) is 0 Å². The summed E-state index contributed by atoms with van der Waals surface area (Å²) in [5, 5.41) is 0. The van der Waals surface area contributed by atoms with Gasteiger partial charge >= 0.3 is 10.2 Å². The van der Waals surface area contributed by atoms with Gasteiger partial charge in [-0.25, -0.2) is 4.39 Å². The summed E-state index contributed by atoms with van der Waals surface area (Å²) in [6.07, 6.45) is 2.58. The molecule has 1 aliphatic rings. The molecule has 0 amide bonds. The quantitative estimate of drug-likeness (QED) is 0.912. The summed E-state index contributed by atoms with van der Waals surface area (Å²) in [5.41, 5.74) is 5.98. The zero-order valence-electron chi connectivity index (χ0n) is 11.5. The highest BCUT2D eigenvalue weighted by molar-refractivity contribution is 7.90. The summed E-state index contributed by atoms with van der Waals surface area (Å²) in [6.45, 7) is 0.764. The zero-order valence-corrected chi connectivity index (χ0v) is 12.3. The molecule has 1 aromatic carbocycles. The molecular formula is C13H20FN3O2S. The second-order valence-electron chi connectivity index (χ2n) is 4.95. The van der Waals surface area contributed by atoms with Gasteiger partial charge in [-0.1, -0.05) is 12.5 Å². The van der Waals surface area contributed by atoms with E-state index in [-0.39, 0.29) is 6.04 Å².